The largest absolute Gasteiger partial charge is 0.394 e. The summed E-state index contributed by atoms with van der Waals surface area (Å²) in [5, 5.41) is 11.1. The molecule has 4 heteroatoms. The molecule has 0 saturated heterocycles. The molecule has 1 atom stereocenters. The van der Waals surface area contributed by atoms with E-state index < -0.39 is 6.04 Å². The zero-order valence-electron chi connectivity index (χ0n) is 7.51. The summed E-state index contributed by atoms with van der Waals surface area (Å²) in [6.07, 6.45) is 0.501. The molecular weight excluding hydrogens is 182 g/mol. The highest BCUT2D eigenvalue weighted by Crippen LogP contribution is 1.97. The van der Waals surface area contributed by atoms with Crippen molar-refractivity contribution in [2.24, 2.45) is 0 Å². The Kier molecular flexibility index (Phi) is 3.82. The van der Waals surface area contributed by atoms with Gasteiger partial charge >= 0.3 is 0 Å². The minimum atomic E-state index is -0.831. The maximum absolute atomic E-state index is 11.4. The van der Waals surface area contributed by atoms with E-state index in [0.29, 0.717) is 11.8 Å². The van der Waals surface area contributed by atoms with Gasteiger partial charge in [0, 0.05) is 5.56 Å². The van der Waals surface area contributed by atoms with Gasteiger partial charge in [0.1, 0.15) is 12.3 Å². The summed E-state index contributed by atoms with van der Waals surface area (Å²) in [5.74, 6) is -0.364. The first-order chi connectivity index (χ1) is 6.77. The van der Waals surface area contributed by atoms with Gasteiger partial charge in [0.05, 0.1) is 6.61 Å². The second-order valence-corrected chi connectivity index (χ2v) is 2.76. The Balaban J connectivity index is 2.63. The van der Waals surface area contributed by atoms with Crippen molar-refractivity contribution in [1.82, 2.24) is 5.32 Å². The normalized spacial score (nSPS) is 11.8. The summed E-state index contributed by atoms with van der Waals surface area (Å²) in [5.41, 5.74) is 0.466. The number of benzene rings is 1. The summed E-state index contributed by atoms with van der Waals surface area (Å²) in [6.45, 7) is -0.387. The average Bonchev–Trinajstić information content (AvgIpc) is 2.26. The molecule has 1 aromatic rings. The molecule has 0 fully saturated rings. The number of hydrogen-bond donors (Lipinski definition) is 2. The van der Waals surface area contributed by atoms with Crippen LogP contribution in [0, 0.1) is 0 Å². The molecule has 4 nitrogen and oxygen atoms in total. The second-order valence-electron chi connectivity index (χ2n) is 2.76. The van der Waals surface area contributed by atoms with Crippen LogP contribution >= 0.6 is 0 Å². The molecule has 0 aromatic heterocycles. The van der Waals surface area contributed by atoms with Crippen LogP contribution in [0.15, 0.2) is 30.3 Å². The number of nitrogens with one attached hydrogen (secondary N) is 1. The highest BCUT2D eigenvalue weighted by molar-refractivity contribution is 5.95. The molecule has 1 amide bonds. The molecular formula is C10H11NO3. The van der Waals surface area contributed by atoms with E-state index in [1.165, 1.54) is 0 Å². The SMILES string of the molecule is O=C[C@@H](CO)NC(=O)c1ccccc1. The van der Waals surface area contributed by atoms with Crippen LogP contribution in [-0.2, 0) is 4.79 Å². The van der Waals surface area contributed by atoms with Crippen LogP contribution in [0.2, 0.25) is 0 Å². The maximum atomic E-state index is 11.4. The standard InChI is InChI=1S/C10H11NO3/c12-6-9(7-13)11-10(14)8-4-2-1-3-5-8/h1-6,9,13H,7H2,(H,11,14)/t9-/m0/s1. The number of carbonyl (C=O) groups excluding carboxylic acids is 2. The van der Waals surface area contributed by atoms with E-state index in [4.69, 9.17) is 5.11 Å². The Labute approximate surface area is 81.6 Å². The van der Waals surface area contributed by atoms with E-state index in [1.54, 1.807) is 30.3 Å². The lowest BCUT2D eigenvalue weighted by atomic mass is 10.2. The molecule has 14 heavy (non-hydrogen) atoms. The summed E-state index contributed by atoms with van der Waals surface area (Å²) in [4.78, 5) is 21.7. The van der Waals surface area contributed by atoms with Crippen molar-refractivity contribution in [2.45, 2.75) is 6.04 Å². The lowest BCUT2D eigenvalue weighted by Crippen LogP contribution is -2.38. The lowest BCUT2D eigenvalue weighted by molar-refractivity contribution is -0.110. The molecule has 1 aromatic carbocycles. The Bertz CT molecular complexity index is 310. The molecule has 0 aliphatic rings. The molecule has 0 aliphatic carbocycles. The van der Waals surface area contributed by atoms with E-state index in [1.807, 2.05) is 0 Å². The van der Waals surface area contributed by atoms with Crippen LogP contribution in [-0.4, -0.2) is 29.9 Å². The van der Waals surface area contributed by atoms with Gasteiger partial charge in [-0.1, -0.05) is 18.2 Å². The van der Waals surface area contributed by atoms with Crippen molar-refractivity contribution < 1.29 is 14.7 Å². The van der Waals surface area contributed by atoms with E-state index >= 15 is 0 Å². The van der Waals surface area contributed by atoms with E-state index in [2.05, 4.69) is 5.32 Å². The monoisotopic (exact) mass is 193 g/mol. The number of aliphatic hydroxyl groups excluding tert-OH is 1. The molecule has 74 valence electrons. The first-order valence-electron chi connectivity index (χ1n) is 4.20. The predicted molar refractivity (Wildman–Crippen MR) is 50.8 cm³/mol. The van der Waals surface area contributed by atoms with Gasteiger partial charge in [0.25, 0.3) is 5.91 Å². The fourth-order valence-electron chi connectivity index (χ4n) is 0.964. The number of amides is 1. The van der Waals surface area contributed by atoms with E-state index in [9.17, 15) is 9.59 Å². The van der Waals surface area contributed by atoms with Gasteiger partial charge in [-0.3, -0.25) is 4.79 Å². The fourth-order valence-corrected chi connectivity index (χ4v) is 0.964. The van der Waals surface area contributed by atoms with Gasteiger partial charge in [-0.05, 0) is 12.1 Å². The number of rotatable bonds is 4. The van der Waals surface area contributed by atoms with Gasteiger partial charge in [-0.25, -0.2) is 0 Å². The molecule has 0 unspecified atom stereocenters. The van der Waals surface area contributed by atoms with Crippen molar-refractivity contribution >= 4 is 12.2 Å². The zero-order valence-corrected chi connectivity index (χ0v) is 7.51. The van der Waals surface area contributed by atoms with Crippen molar-refractivity contribution in [3.8, 4) is 0 Å². The molecule has 0 heterocycles. The van der Waals surface area contributed by atoms with E-state index in [0.717, 1.165) is 0 Å². The minimum Gasteiger partial charge on any atom is -0.394 e. The Morgan fingerprint density at radius 1 is 1.43 bits per heavy atom. The highest BCUT2D eigenvalue weighted by Gasteiger charge is 2.10. The summed E-state index contributed by atoms with van der Waals surface area (Å²) < 4.78 is 0. The van der Waals surface area contributed by atoms with Crippen molar-refractivity contribution in [3.05, 3.63) is 35.9 Å². The first-order valence-corrected chi connectivity index (χ1v) is 4.20. The van der Waals surface area contributed by atoms with Gasteiger partial charge in [-0.2, -0.15) is 0 Å². The quantitative estimate of drug-likeness (QED) is 0.660. The molecule has 1 rings (SSSR count). The van der Waals surface area contributed by atoms with Crippen LogP contribution in [0.1, 0.15) is 10.4 Å². The smallest absolute Gasteiger partial charge is 0.251 e. The van der Waals surface area contributed by atoms with Gasteiger partial charge in [0.2, 0.25) is 0 Å². The second kappa shape index (κ2) is 5.14. The van der Waals surface area contributed by atoms with Crippen LogP contribution < -0.4 is 5.32 Å². The van der Waals surface area contributed by atoms with Crippen LogP contribution in [0.4, 0.5) is 0 Å². The predicted octanol–water partition coefficient (Wildman–Crippen LogP) is -0.0238. The van der Waals surface area contributed by atoms with Gasteiger partial charge in [0.15, 0.2) is 0 Å². The Hall–Kier alpha value is -1.68. The first kappa shape index (κ1) is 10.4. The molecule has 2 N–H and O–H groups in total. The number of aliphatic hydroxyl groups is 1. The Morgan fingerprint density at radius 2 is 2.07 bits per heavy atom. The summed E-state index contributed by atoms with van der Waals surface area (Å²) >= 11 is 0. The summed E-state index contributed by atoms with van der Waals surface area (Å²) in [6, 6.07) is 7.68. The van der Waals surface area contributed by atoms with Gasteiger partial charge in [-0.15, -0.1) is 0 Å². The third-order valence-electron chi connectivity index (χ3n) is 1.71. The van der Waals surface area contributed by atoms with Gasteiger partial charge < -0.3 is 15.2 Å². The third kappa shape index (κ3) is 2.67. The topological polar surface area (TPSA) is 66.4 Å². The molecule has 0 saturated carbocycles. The lowest BCUT2D eigenvalue weighted by Gasteiger charge is -2.08. The molecule has 0 bridgehead atoms. The average molecular weight is 193 g/mol. The molecule has 0 radical (unpaired) electrons. The number of aldehydes is 1. The minimum absolute atomic E-state index is 0.364. The van der Waals surface area contributed by atoms with Crippen LogP contribution in [0.5, 0.6) is 0 Å². The third-order valence-corrected chi connectivity index (χ3v) is 1.71. The molecule has 0 spiro atoms. The maximum Gasteiger partial charge on any atom is 0.251 e. The number of hydrogen-bond acceptors (Lipinski definition) is 3. The van der Waals surface area contributed by atoms with Crippen molar-refractivity contribution in [2.75, 3.05) is 6.61 Å². The van der Waals surface area contributed by atoms with Crippen LogP contribution in [0.3, 0.4) is 0 Å². The van der Waals surface area contributed by atoms with E-state index in [-0.39, 0.29) is 12.5 Å². The van der Waals surface area contributed by atoms with Crippen molar-refractivity contribution in [3.63, 3.8) is 0 Å². The Morgan fingerprint density at radius 3 is 2.57 bits per heavy atom. The summed E-state index contributed by atoms with van der Waals surface area (Å²) in [7, 11) is 0. The number of carbonyl (C=O) groups is 2. The zero-order chi connectivity index (χ0) is 10.4. The molecule has 0 aliphatic heterocycles. The van der Waals surface area contributed by atoms with Crippen molar-refractivity contribution in [1.29, 1.82) is 0 Å². The highest BCUT2D eigenvalue weighted by atomic mass is 16.3. The van der Waals surface area contributed by atoms with Crippen LogP contribution in [0.25, 0.3) is 0 Å². The fraction of sp³-hybridized carbons (Fsp3) is 0.200.